The van der Waals surface area contributed by atoms with Gasteiger partial charge in [0.05, 0.1) is 18.1 Å². The first-order valence-electron chi connectivity index (χ1n) is 10.7. The number of benzene rings is 1. The first-order chi connectivity index (χ1) is 13.8. The van der Waals surface area contributed by atoms with Crippen LogP contribution >= 0.6 is 0 Å². The van der Waals surface area contributed by atoms with Gasteiger partial charge in [-0.05, 0) is 32.5 Å². The molecule has 172 valence electrons. The summed E-state index contributed by atoms with van der Waals surface area (Å²) < 4.78 is 31.2. The van der Waals surface area contributed by atoms with Gasteiger partial charge < -0.3 is 15.0 Å². The molecule has 0 aliphatic heterocycles. The molecule has 0 radical (unpaired) electrons. The second kappa shape index (κ2) is 11.3. The van der Waals surface area contributed by atoms with E-state index in [2.05, 4.69) is 26.1 Å². The first kappa shape index (κ1) is 26.6. The Balaban J connectivity index is 2.67. The van der Waals surface area contributed by atoms with Crippen LogP contribution < -0.4 is 5.32 Å². The number of carbonyl (C=O) groups excluding carboxylic acids is 1. The van der Waals surface area contributed by atoms with Crippen LogP contribution in [-0.4, -0.2) is 64.4 Å². The first-order valence-corrected chi connectivity index (χ1v) is 12.3. The summed E-state index contributed by atoms with van der Waals surface area (Å²) in [6.45, 7) is 18.0. The van der Waals surface area contributed by atoms with E-state index in [0.29, 0.717) is 26.3 Å². The zero-order valence-electron chi connectivity index (χ0n) is 19.7. The van der Waals surface area contributed by atoms with E-state index in [0.717, 1.165) is 18.7 Å². The number of nitrogens with zero attached hydrogens (tertiary/aromatic N) is 1. The summed E-state index contributed by atoms with van der Waals surface area (Å²) in [5, 5.41) is 3.34. The number of aryl methyl sites for hydroxylation is 1. The standard InChI is InChI=1S/C23H40N2O4S/c1-8-24-15-22(4,5)17-29-18-23(6,7)16-25(9-2)21(26)14-30(27,28)20-12-10-19(3)11-13-20/h10-13,24H,8-9,14-18H2,1-7H3. The molecule has 0 saturated carbocycles. The minimum Gasteiger partial charge on any atom is -0.380 e. The summed E-state index contributed by atoms with van der Waals surface area (Å²) >= 11 is 0. The number of ether oxygens (including phenoxy) is 1. The Morgan fingerprint density at radius 2 is 1.60 bits per heavy atom. The highest BCUT2D eigenvalue weighted by atomic mass is 32.2. The van der Waals surface area contributed by atoms with Crippen molar-refractivity contribution in [2.24, 2.45) is 10.8 Å². The highest BCUT2D eigenvalue weighted by Crippen LogP contribution is 2.21. The second-order valence-corrected chi connectivity index (χ2v) is 11.6. The van der Waals surface area contributed by atoms with Crippen molar-refractivity contribution in [2.45, 2.75) is 53.4 Å². The monoisotopic (exact) mass is 440 g/mol. The maximum Gasteiger partial charge on any atom is 0.238 e. The van der Waals surface area contributed by atoms with Gasteiger partial charge in [0.1, 0.15) is 5.75 Å². The third-order valence-corrected chi connectivity index (χ3v) is 6.50. The summed E-state index contributed by atoms with van der Waals surface area (Å²) in [6, 6.07) is 6.60. The molecule has 0 bridgehead atoms. The Kier molecular flexibility index (Phi) is 9.98. The fraction of sp³-hybridized carbons (Fsp3) is 0.696. The van der Waals surface area contributed by atoms with E-state index in [1.807, 2.05) is 27.7 Å². The van der Waals surface area contributed by atoms with Crippen LogP contribution in [0, 0.1) is 17.8 Å². The van der Waals surface area contributed by atoms with Crippen molar-refractivity contribution in [3.63, 3.8) is 0 Å². The SMILES string of the molecule is CCNCC(C)(C)COCC(C)(C)CN(CC)C(=O)CS(=O)(=O)c1ccc(C)cc1. The quantitative estimate of drug-likeness (QED) is 0.509. The zero-order chi connectivity index (χ0) is 23.0. The lowest BCUT2D eigenvalue weighted by molar-refractivity contribution is -0.130. The van der Waals surface area contributed by atoms with E-state index in [9.17, 15) is 13.2 Å². The van der Waals surface area contributed by atoms with Crippen LogP contribution in [0.3, 0.4) is 0 Å². The van der Waals surface area contributed by atoms with Crippen molar-refractivity contribution >= 4 is 15.7 Å². The lowest BCUT2D eigenvalue weighted by Crippen LogP contribution is -2.43. The van der Waals surface area contributed by atoms with Crippen molar-refractivity contribution in [3.8, 4) is 0 Å². The molecule has 0 aromatic heterocycles. The van der Waals surface area contributed by atoms with Crippen molar-refractivity contribution in [1.82, 2.24) is 10.2 Å². The maximum absolute atomic E-state index is 12.8. The van der Waals surface area contributed by atoms with Crippen LogP contribution in [0.5, 0.6) is 0 Å². The summed E-state index contributed by atoms with van der Waals surface area (Å²) in [4.78, 5) is 14.6. The predicted octanol–water partition coefficient (Wildman–Crippen LogP) is 3.30. The molecule has 0 heterocycles. The van der Waals surface area contributed by atoms with E-state index in [1.54, 1.807) is 29.2 Å². The van der Waals surface area contributed by atoms with Gasteiger partial charge in [-0.15, -0.1) is 0 Å². The molecule has 0 saturated heterocycles. The Morgan fingerprint density at radius 1 is 1.03 bits per heavy atom. The molecule has 0 atom stereocenters. The van der Waals surface area contributed by atoms with E-state index in [-0.39, 0.29) is 21.6 Å². The van der Waals surface area contributed by atoms with Gasteiger partial charge in [0.2, 0.25) is 5.91 Å². The van der Waals surface area contributed by atoms with Gasteiger partial charge in [-0.2, -0.15) is 0 Å². The van der Waals surface area contributed by atoms with E-state index in [4.69, 9.17) is 4.74 Å². The van der Waals surface area contributed by atoms with E-state index >= 15 is 0 Å². The molecule has 0 aliphatic carbocycles. The Hall–Kier alpha value is -1.44. The Labute approximate surface area is 183 Å². The van der Waals surface area contributed by atoms with Crippen LogP contribution in [-0.2, 0) is 19.4 Å². The molecular weight excluding hydrogens is 400 g/mol. The topological polar surface area (TPSA) is 75.7 Å². The average molecular weight is 441 g/mol. The highest BCUT2D eigenvalue weighted by Gasteiger charge is 2.29. The largest absolute Gasteiger partial charge is 0.380 e. The molecule has 0 unspecified atom stereocenters. The lowest BCUT2D eigenvalue weighted by Gasteiger charge is -2.33. The molecule has 0 aliphatic rings. The maximum atomic E-state index is 12.8. The highest BCUT2D eigenvalue weighted by molar-refractivity contribution is 7.92. The normalized spacial score (nSPS) is 12.8. The third kappa shape index (κ3) is 9.14. The van der Waals surface area contributed by atoms with Crippen LogP contribution in [0.1, 0.15) is 47.1 Å². The van der Waals surface area contributed by atoms with Crippen molar-refractivity contribution in [3.05, 3.63) is 29.8 Å². The van der Waals surface area contributed by atoms with Crippen LogP contribution in [0.4, 0.5) is 0 Å². The van der Waals surface area contributed by atoms with Gasteiger partial charge in [0, 0.05) is 30.5 Å². The number of hydrogen-bond donors (Lipinski definition) is 1. The fourth-order valence-corrected chi connectivity index (χ4v) is 4.36. The summed E-state index contributed by atoms with van der Waals surface area (Å²) in [5.74, 6) is -0.894. The number of sulfone groups is 1. The van der Waals surface area contributed by atoms with Crippen molar-refractivity contribution < 1.29 is 17.9 Å². The molecule has 1 rings (SSSR count). The minimum atomic E-state index is -3.66. The molecule has 1 aromatic rings. The summed E-state index contributed by atoms with van der Waals surface area (Å²) in [7, 11) is -3.66. The smallest absolute Gasteiger partial charge is 0.238 e. The molecule has 1 aromatic carbocycles. The van der Waals surface area contributed by atoms with Crippen molar-refractivity contribution in [1.29, 1.82) is 0 Å². The number of hydrogen-bond acceptors (Lipinski definition) is 5. The zero-order valence-corrected chi connectivity index (χ0v) is 20.6. The van der Waals surface area contributed by atoms with Crippen LogP contribution in [0.25, 0.3) is 0 Å². The number of nitrogens with one attached hydrogen (secondary N) is 1. The van der Waals surface area contributed by atoms with Crippen LogP contribution in [0.15, 0.2) is 29.2 Å². The molecule has 0 fully saturated rings. The Bertz CT molecular complexity index is 771. The average Bonchev–Trinajstić information content (AvgIpc) is 2.64. The second-order valence-electron chi connectivity index (χ2n) is 9.58. The van der Waals surface area contributed by atoms with E-state index in [1.165, 1.54) is 0 Å². The van der Waals surface area contributed by atoms with Crippen LogP contribution in [0.2, 0.25) is 0 Å². The summed E-state index contributed by atoms with van der Waals surface area (Å²) in [5.41, 5.74) is 0.716. The molecule has 1 N–H and O–H groups in total. The lowest BCUT2D eigenvalue weighted by atomic mass is 9.92. The number of amides is 1. The van der Waals surface area contributed by atoms with Gasteiger partial charge >= 0.3 is 0 Å². The number of rotatable bonds is 13. The Morgan fingerprint density at radius 3 is 2.13 bits per heavy atom. The molecule has 6 nitrogen and oxygen atoms in total. The van der Waals surface area contributed by atoms with Gasteiger partial charge in [0.15, 0.2) is 9.84 Å². The van der Waals surface area contributed by atoms with Crippen molar-refractivity contribution in [2.75, 3.05) is 45.1 Å². The number of carbonyl (C=O) groups is 1. The van der Waals surface area contributed by atoms with Gasteiger partial charge in [0.25, 0.3) is 0 Å². The van der Waals surface area contributed by atoms with Gasteiger partial charge in [-0.1, -0.05) is 52.3 Å². The molecule has 30 heavy (non-hydrogen) atoms. The van der Waals surface area contributed by atoms with Gasteiger partial charge in [-0.25, -0.2) is 8.42 Å². The van der Waals surface area contributed by atoms with Gasteiger partial charge in [-0.3, -0.25) is 4.79 Å². The summed E-state index contributed by atoms with van der Waals surface area (Å²) in [6.07, 6.45) is 0. The molecular formula is C23H40N2O4S. The molecule has 0 spiro atoms. The predicted molar refractivity (Wildman–Crippen MR) is 122 cm³/mol. The fourth-order valence-electron chi connectivity index (χ4n) is 3.14. The third-order valence-electron chi connectivity index (χ3n) is 4.89. The van der Waals surface area contributed by atoms with E-state index < -0.39 is 15.6 Å². The molecule has 7 heteroatoms. The minimum absolute atomic E-state index is 0.0223. The molecule has 1 amide bonds.